The van der Waals surface area contributed by atoms with Crippen molar-refractivity contribution in [2.45, 2.75) is 70.8 Å². The van der Waals surface area contributed by atoms with E-state index in [-0.39, 0.29) is 53.5 Å². The van der Waals surface area contributed by atoms with Crippen LogP contribution in [0.2, 0.25) is 18.1 Å². The Balaban J connectivity index is 2.04. The Morgan fingerprint density at radius 1 is 1.28 bits per heavy atom. The summed E-state index contributed by atoms with van der Waals surface area (Å²) in [4.78, 5) is 36.6. The summed E-state index contributed by atoms with van der Waals surface area (Å²) >= 11 is 0. The Labute approximate surface area is 174 Å². The fourth-order valence-electron chi connectivity index (χ4n) is 3.33. The first-order valence-corrected chi connectivity index (χ1v) is 13.1. The quantitative estimate of drug-likeness (QED) is 0.386. The van der Waals surface area contributed by atoms with Crippen LogP contribution >= 0.6 is 0 Å². The molecule has 1 aliphatic heterocycles. The summed E-state index contributed by atoms with van der Waals surface area (Å²) < 4.78 is 6.39. The number of carbonyl (C=O) groups excluding carboxylic acids is 3. The molecule has 3 atom stereocenters. The maximum absolute atomic E-state index is 12.8. The van der Waals surface area contributed by atoms with Crippen molar-refractivity contribution >= 4 is 25.9 Å². The van der Waals surface area contributed by atoms with E-state index in [2.05, 4.69) is 44.5 Å². The van der Waals surface area contributed by atoms with Gasteiger partial charge in [-0.3, -0.25) is 14.4 Å². The van der Waals surface area contributed by atoms with E-state index >= 15 is 0 Å². The van der Waals surface area contributed by atoms with Gasteiger partial charge in [-0.15, -0.1) is 0 Å². The first-order chi connectivity index (χ1) is 13.4. The van der Waals surface area contributed by atoms with Gasteiger partial charge in [0.1, 0.15) is 0 Å². The monoisotopic (exact) mass is 418 g/mol. The molecule has 0 bridgehead atoms. The van der Waals surface area contributed by atoms with Crippen LogP contribution in [-0.2, 0) is 20.4 Å². The van der Waals surface area contributed by atoms with Gasteiger partial charge in [0.25, 0.3) is 0 Å². The molecule has 1 aliphatic rings. The molecule has 2 amide bonds. The summed E-state index contributed by atoms with van der Waals surface area (Å²) in [5.74, 6) is -0.514. The molecule has 160 valence electrons. The molecule has 0 aliphatic carbocycles. The molecule has 1 fully saturated rings. The van der Waals surface area contributed by atoms with Crippen molar-refractivity contribution in [2.24, 2.45) is 5.92 Å². The van der Waals surface area contributed by atoms with Crippen molar-refractivity contribution in [3.8, 4) is 0 Å². The second kappa shape index (κ2) is 8.79. The predicted octanol–water partition coefficient (Wildman–Crippen LogP) is 3.07. The molecule has 1 aromatic carbocycles. The highest BCUT2D eigenvalue weighted by atomic mass is 28.4. The summed E-state index contributed by atoms with van der Waals surface area (Å²) in [5.41, 5.74) is 1.35. The van der Waals surface area contributed by atoms with Crippen molar-refractivity contribution < 1.29 is 18.8 Å². The number of Topliss-reactive ketones (excluding diaryl/α,β-unsaturated/α-hetero) is 1. The number of benzene rings is 1. The zero-order chi connectivity index (χ0) is 22.0. The van der Waals surface area contributed by atoms with Gasteiger partial charge in [-0.1, -0.05) is 39.0 Å². The third-order valence-electron chi connectivity index (χ3n) is 6.15. The summed E-state index contributed by atoms with van der Waals surface area (Å²) in [6.07, 6.45) is 0.227. The zero-order valence-corrected chi connectivity index (χ0v) is 19.6. The van der Waals surface area contributed by atoms with E-state index in [1.54, 1.807) is 25.2 Å². The molecular weight excluding hydrogens is 384 g/mol. The van der Waals surface area contributed by atoms with Crippen LogP contribution in [0, 0.1) is 5.92 Å². The van der Waals surface area contributed by atoms with E-state index in [4.69, 9.17) is 4.43 Å². The molecule has 0 unspecified atom stereocenters. The van der Waals surface area contributed by atoms with E-state index < -0.39 is 8.32 Å². The Morgan fingerprint density at radius 2 is 1.93 bits per heavy atom. The number of hydrogen-bond donors (Lipinski definition) is 2. The molecule has 0 radical (unpaired) electrons. The topological polar surface area (TPSA) is 84.5 Å². The highest BCUT2D eigenvalue weighted by Crippen LogP contribution is 2.39. The van der Waals surface area contributed by atoms with Crippen LogP contribution in [0.15, 0.2) is 24.3 Å². The van der Waals surface area contributed by atoms with Gasteiger partial charge < -0.3 is 15.1 Å². The minimum atomic E-state index is -2.01. The molecule has 6 nitrogen and oxygen atoms in total. The van der Waals surface area contributed by atoms with Crippen LogP contribution in [0.1, 0.15) is 50.0 Å². The molecule has 0 aromatic heterocycles. The molecule has 0 spiro atoms. The highest BCUT2D eigenvalue weighted by Gasteiger charge is 2.47. The molecule has 1 heterocycles. The molecule has 1 saturated heterocycles. The Hall–Kier alpha value is -1.99. The zero-order valence-electron chi connectivity index (χ0n) is 18.6. The lowest BCUT2D eigenvalue weighted by Crippen LogP contribution is -2.64. The smallest absolute Gasteiger partial charge is 0.228 e. The van der Waals surface area contributed by atoms with E-state index in [0.717, 1.165) is 5.56 Å². The van der Waals surface area contributed by atoms with Gasteiger partial charge in [0, 0.05) is 19.0 Å². The molecular formula is C22H34N2O4Si. The number of ketones is 1. The SMILES string of the molecule is CNC(=O)Cc1cccc(C(=O)C[C@H]2NC(=O)[C@@H]2[C@H](C)O[Si](C)(C)C(C)(C)C)c1. The summed E-state index contributed by atoms with van der Waals surface area (Å²) in [6.45, 7) is 12.8. The van der Waals surface area contributed by atoms with Crippen LogP contribution in [0.4, 0.5) is 0 Å². The minimum Gasteiger partial charge on any atom is -0.413 e. The first kappa shape index (κ1) is 23.3. The van der Waals surface area contributed by atoms with Crippen molar-refractivity contribution in [1.29, 1.82) is 0 Å². The molecule has 29 heavy (non-hydrogen) atoms. The minimum absolute atomic E-state index is 0.0433. The van der Waals surface area contributed by atoms with Crippen molar-refractivity contribution in [2.75, 3.05) is 7.05 Å². The van der Waals surface area contributed by atoms with Crippen LogP contribution < -0.4 is 10.6 Å². The number of hydrogen-bond acceptors (Lipinski definition) is 4. The van der Waals surface area contributed by atoms with Gasteiger partial charge in [-0.25, -0.2) is 0 Å². The van der Waals surface area contributed by atoms with Crippen molar-refractivity contribution in [3.05, 3.63) is 35.4 Å². The van der Waals surface area contributed by atoms with Crippen LogP contribution in [-0.4, -0.2) is 45.1 Å². The van der Waals surface area contributed by atoms with Crippen LogP contribution in [0.25, 0.3) is 0 Å². The number of carbonyl (C=O) groups is 3. The van der Waals surface area contributed by atoms with Crippen LogP contribution in [0.5, 0.6) is 0 Å². The molecule has 1 aromatic rings. The van der Waals surface area contributed by atoms with E-state index in [9.17, 15) is 14.4 Å². The van der Waals surface area contributed by atoms with E-state index in [1.807, 2.05) is 13.0 Å². The molecule has 7 heteroatoms. The lowest BCUT2D eigenvalue weighted by molar-refractivity contribution is -0.139. The maximum atomic E-state index is 12.8. The number of β-lactam (4-membered cyclic amide) rings is 1. The number of nitrogens with one attached hydrogen (secondary N) is 2. The second-order valence-corrected chi connectivity index (χ2v) is 14.2. The lowest BCUT2D eigenvalue weighted by Gasteiger charge is -2.45. The fourth-order valence-corrected chi connectivity index (χ4v) is 4.76. The predicted molar refractivity (Wildman–Crippen MR) is 116 cm³/mol. The number of likely N-dealkylation sites (N-methyl/N-ethyl adjacent to an activating group) is 1. The van der Waals surface area contributed by atoms with Gasteiger partial charge in [-0.05, 0) is 36.7 Å². The fraction of sp³-hybridized carbons (Fsp3) is 0.591. The summed E-state index contributed by atoms with van der Waals surface area (Å²) in [5, 5.41) is 5.50. The van der Waals surface area contributed by atoms with E-state index in [1.165, 1.54) is 0 Å². The summed E-state index contributed by atoms with van der Waals surface area (Å²) in [6, 6.07) is 6.89. The average Bonchev–Trinajstić information content (AvgIpc) is 2.59. The van der Waals surface area contributed by atoms with Gasteiger partial charge in [0.05, 0.1) is 24.5 Å². The Bertz CT molecular complexity index is 785. The Kier molecular flexibility index (Phi) is 7.06. The number of rotatable bonds is 8. The van der Waals surface area contributed by atoms with Crippen molar-refractivity contribution in [1.82, 2.24) is 10.6 Å². The van der Waals surface area contributed by atoms with Crippen LogP contribution in [0.3, 0.4) is 0 Å². The highest BCUT2D eigenvalue weighted by molar-refractivity contribution is 6.74. The van der Waals surface area contributed by atoms with E-state index in [0.29, 0.717) is 5.56 Å². The summed E-state index contributed by atoms with van der Waals surface area (Å²) in [7, 11) is -0.419. The normalized spacial score (nSPS) is 20.4. The number of amides is 2. The third kappa shape index (κ3) is 5.54. The van der Waals surface area contributed by atoms with Gasteiger partial charge >= 0.3 is 0 Å². The standard InChI is InChI=1S/C22H34N2O4Si/c1-14(28-29(6,7)22(2,3)4)20-17(24-21(20)27)13-18(25)16-10-8-9-15(11-16)12-19(26)23-5/h8-11,14,17,20H,12-13H2,1-7H3,(H,23,26)(H,24,27)/t14-,17+,20+/m0/s1. The Morgan fingerprint density at radius 3 is 2.48 bits per heavy atom. The first-order valence-electron chi connectivity index (χ1n) is 10.2. The van der Waals surface area contributed by atoms with Gasteiger partial charge in [0.15, 0.2) is 14.1 Å². The average molecular weight is 419 g/mol. The largest absolute Gasteiger partial charge is 0.413 e. The van der Waals surface area contributed by atoms with Gasteiger partial charge in [-0.2, -0.15) is 0 Å². The lowest BCUT2D eigenvalue weighted by atomic mass is 9.82. The molecule has 0 saturated carbocycles. The molecule has 2 N–H and O–H groups in total. The van der Waals surface area contributed by atoms with Gasteiger partial charge in [0.2, 0.25) is 11.8 Å². The second-order valence-electron chi connectivity index (χ2n) is 9.40. The third-order valence-corrected chi connectivity index (χ3v) is 10.7. The molecule has 2 rings (SSSR count). The maximum Gasteiger partial charge on any atom is 0.228 e. The van der Waals surface area contributed by atoms with Crippen molar-refractivity contribution in [3.63, 3.8) is 0 Å².